The highest BCUT2D eigenvalue weighted by Gasteiger charge is 2.67. The van der Waals surface area contributed by atoms with Gasteiger partial charge in [-0.15, -0.1) is 0 Å². The number of aliphatic hydroxyl groups excluding tert-OH is 1. The standard InChI is InChI=1S/C27H39FO7/c1-16(29)23(35-15-33-4)24(32)34-14-22(31)21-8-7-19-20-6-5-17-13-18(30)9-10-26(17,3)27(20,28)12-11-25(19,21)2/h13,16,19-21,23,29H,5-12,14-15H2,1-4H3/t16?,19-,20-,21+,23?,25-,26-,27+/m0/s1. The van der Waals surface area contributed by atoms with E-state index in [1.807, 2.05) is 6.92 Å². The molecule has 0 aromatic rings. The zero-order chi connectivity index (χ0) is 25.6. The van der Waals surface area contributed by atoms with Gasteiger partial charge in [0, 0.05) is 24.9 Å². The molecule has 3 saturated carbocycles. The average Bonchev–Trinajstić information content (AvgIpc) is 3.16. The minimum atomic E-state index is -1.37. The number of rotatable bonds is 8. The van der Waals surface area contributed by atoms with Crippen LogP contribution in [0.3, 0.4) is 0 Å². The van der Waals surface area contributed by atoms with Crippen molar-refractivity contribution >= 4 is 17.5 Å². The molecule has 0 heterocycles. The molecule has 4 rings (SSSR count). The Morgan fingerprint density at radius 1 is 1.14 bits per heavy atom. The lowest BCUT2D eigenvalue weighted by molar-refractivity contribution is -0.177. The van der Waals surface area contributed by atoms with Crippen LogP contribution in [-0.4, -0.2) is 61.0 Å². The predicted octanol–water partition coefficient (Wildman–Crippen LogP) is 3.71. The molecule has 35 heavy (non-hydrogen) atoms. The van der Waals surface area contributed by atoms with E-state index in [-0.39, 0.29) is 48.1 Å². The van der Waals surface area contributed by atoms with E-state index < -0.39 is 29.3 Å². The van der Waals surface area contributed by atoms with E-state index in [1.54, 1.807) is 6.08 Å². The second kappa shape index (κ2) is 9.67. The molecular weight excluding hydrogens is 455 g/mol. The highest BCUT2D eigenvalue weighted by Crippen LogP contribution is 2.69. The van der Waals surface area contributed by atoms with Crippen LogP contribution < -0.4 is 0 Å². The molecule has 0 aromatic heterocycles. The summed E-state index contributed by atoms with van der Waals surface area (Å²) in [6.07, 6.45) is 4.16. The van der Waals surface area contributed by atoms with Crippen LogP contribution in [-0.2, 0) is 28.6 Å². The highest BCUT2D eigenvalue weighted by molar-refractivity contribution is 5.91. The summed E-state index contributed by atoms with van der Waals surface area (Å²) in [5, 5.41) is 9.81. The minimum Gasteiger partial charge on any atom is -0.456 e. The molecule has 8 heteroatoms. The predicted molar refractivity (Wildman–Crippen MR) is 125 cm³/mol. The van der Waals surface area contributed by atoms with Crippen molar-refractivity contribution in [3.8, 4) is 0 Å². The molecule has 4 aliphatic rings. The van der Waals surface area contributed by atoms with Gasteiger partial charge in [-0.1, -0.05) is 19.4 Å². The van der Waals surface area contributed by atoms with Gasteiger partial charge in [0.2, 0.25) is 0 Å². The summed E-state index contributed by atoms with van der Waals surface area (Å²) < 4.78 is 32.2. The lowest BCUT2D eigenvalue weighted by Gasteiger charge is -2.61. The smallest absolute Gasteiger partial charge is 0.338 e. The molecule has 0 aromatic carbocycles. The van der Waals surface area contributed by atoms with Gasteiger partial charge in [-0.25, -0.2) is 9.18 Å². The number of ether oxygens (including phenoxy) is 3. The van der Waals surface area contributed by atoms with Crippen LogP contribution in [0, 0.1) is 28.6 Å². The maximum Gasteiger partial charge on any atom is 0.338 e. The lowest BCUT2D eigenvalue weighted by atomic mass is 9.45. The first-order valence-electron chi connectivity index (χ1n) is 12.9. The Kier molecular flexibility index (Phi) is 7.30. The summed E-state index contributed by atoms with van der Waals surface area (Å²) in [6.45, 7) is 4.94. The number of ketones is 2. The maximum absolute atomic E-state index is 17.0. The number of alkyl halides is 1. The normalized spacial score (nSPS) is 40.1. The fourth-order valence-electron chi connectivity index (χ4n) is 7.85. The second-order valence-electron chi connectivity index (χ2n) is 11.5. The van der Waals surface area contributed by atoms with E-state index in [2.05, 4.69) is 6.92 Å². The number of allylic oxidation sites excluding steroid dienone is 1. The lowest BCUT2D eigenvalue weighted by Crippen LogP contribution is -2.61. The minimum absolute atomic E-state index is 0.0807. The molecular formula is C27H39FO7. The van der Waals surface area contributed by atoms with Crippen LogP contribution in [0.25, 0.3) is 0 Å². The molecule has 0 radical (unpaired) electrons. The van der Waals surface area contributed by atoms with Crippen LogP contribution in [0.2, 0.25) is 0 Å². The van der Waals surface area contributed by atoms with E-state index in [0.717, 1.165) is 18.4 Å². The van der Waals surface area contributed by atoms with E-state index in [4.69, 9.17) is 14.2 Å². The molecule has 4 aliphatic carbocycles. The average molecular weight is 495 g/mol. The van der Waals surface area contributed by atoms with Gasteiger partial charge in [-0.3, -0.25) is 9.59 Å². The largest absolute Gasteiger partial charge is 0.456 e. The summed E-state index contributed by atoms with van der Waals surface area (Å²) in [4.78, 5) is 37.7. The fraction of sp³-hybridized carbons (Fsp3) is 0.815. The van der Waals surface area contributed by atoms with Crippen LogP contribution >= 0.6 is 0 Å². The van der Waals surface area contributed by atoms with Crippen molar-refractivity contribution in [2.24, 2.45) is 28.6 Å². The number of halogens is 1. The Morgan fingerprint density at radius 2 is 1.89 bits per heavy atom. The summed E-state index contributed by atoms with van der Waals surface area (Å²) in [7, 11) is 1.40. The van der Waals surface area contributed by atoms with Gasteiger partial charge in [-0.2, -0.15) is 0 Å². The molecule has 8 atom stereocenters. The van der Waals surface area contributed by atoms with Gasteiger partial charge >= 0.3 is 5.97 Å². The van der Waals surface area contributed by atoms with Crippen molar-refractivity contribution in [1.29, 1.82) is 0 Å². The number of esters is 1. The third-order valence-electron chi connectivity index (χ3n) is 9.85. The molecule has 0 amide bonds. The van der Waals surface area contributed by atoms with E-state index in [9.17, 15) is 19.5 Å². The monoisotopic (exact) mass is 494 g/mol. The summed E-state index contributed by atoms with van der Waals surface area (Å²) in [6, 6.07) is 0. The number of carbonyl (C=O) groups is 3. The Morgan fingerprint density at radius 3 is 2.57 bits per heavy atom. The number of methoxy groups -OCH3 is 1. The molecule has 0 bridgehead atoms. The molecule has 7 nitrogen and oxygen atoms in total. The molecule has 196 valence electrons. The van der Waals surface area contributed by atoms with Crippen LogP contribution in [0.4, 0.5) is 4.39 Å². The van der Waals surface area contributed by atoms with Gasteiger partial charge in [0.1, 0.15) is 19.1 Å². The SMILES string of the molecule is COCOC(C(=O)OCC(=O)[C@H]1CC[C@H]2[C@@H]3CCC4=CC(=O)CC[C@]4(C)[C@@]3(F)CC[C@]12C)C(C)O. The third-order valence-corrected chi connectivity index (χ3v) is 9.85. The summed E-state index contributed by atoms with van der Waals surface area (Å²) >= 11 is 0. The zero-order valence-electron chi connectivity index (χ0n) is 21.3. The first-order chi connectivity index (χ1) is 16.5. The molecule has 0 aliphatic heterocycles. The number of carbonyl (C=O) groups excluding carboxylic acids is 3. The van der Waals surface area contributed by atoms with Gasteiger partial charge < -0.3 is 19.3 Å². The Bertz CT molecular complexity index is 900. The quantitative estimate of drug-likeness (QED) is 0.406. The van der Waals surface area contributed by atoms with Crippen LogP contribution in [0.5, 0.6) is 0 Å². The Balaban J connectivity index is 1.46. The zero-order valence-corrected chi connectivity index (χ0v) is 21.3. The first kappa shape index (κ1) is 26.4. The van der Waals surface area contributed by atoms with E-state index in [1.165, 1.54) is 14.0 Å². The van der Waals surface area contributed by atoms with Crippen molar-refractivity contribution in [2.75, 3.05) is 20.5 Å². The molecule has 2 unspecified atom stereocenters. The summed E-state index contributed by atoms with van der Waals surface area (Å²) in [5.41, 5.74) is -1.35. The van der Waals surface area contributed by atoms with Gasteiger partial charge in [0.05, 0.1) is 6.10 Å². The van der Waals surface area contributed by atoms with Crippen LogP contribution in [0.1, 0.15) is 72.1 Å². The number of fused-ring (bicyclic) bond motifs is 5. The van der Waals surface area contributed by atoms with Crippen molar-refractivity contribution in [3.05, 3.63) is 11.6 Å². The molecule has 1 N–H and O–H groups in total. The first-order valence-corrected chi connectivity index (χ1v) is 12.9. The van der Waals surface area contributed by atoms with Crippen molar-refractivity contribution < 1.29 is 38.1 Å². The molecule has 0 saturated heterocycles. The fourth-order valence-corrected chi connectivity index (χ4v) is 7.85. The summed E-state index contributed by atoms with van der Waals surface area (Å²) in [5.74, 6) is -1.21. The van der Waals surface area contributed by atoms with Crippen molar-refractivity contribution in [1.82, 2.24) is 0 Å². The second-order valence-corrected chi connectivity index (χ2v) is 11.5. The van der Waals surface area contributed by atoms with Crippen molar-refractivity contribution in [3.63, 3.8) is 0 Å². The molecule has 3 fully saturated rings. The van der Waals surface area contributed by atoms with Crippen molar-refractivity contribution in [2.45, 2.75) is 90.0 Å². The highest BCUT2D eigenvalue weighted by atomic mass is 19.1. The number of aliphatic hydroxyl groups is 1. The van der Waals surface area contributed by atoms with Crippen LogP contribution in [0.15, 0.2) is 11.6 Å². The Hall–Kier alpha value is -1.64. The molecule has 0 spiro atoms. The van der Waals surface area contributed by atoms with Gasteiger partial charge in [-0.05, 0) is 75.2 Å². The van der Waals surface area contributed by atoms with Gasteiger partial charge in [0.15, 0.2) is 17.7 Å². The van der Waals surface area contributed by atoms with E-state index >= 15 is 4.39 Å². The number of Topliss-reactive ketones (excluding diaryl/α,β-unsaturated/α-hetero) is 1. The topological polar surface area (TPSA) is 99.1 Å². The number of hydrogen-bond donors (Lipinski definition) is 1. The third kappa shape index (κ3) is 4.29. The van der Waals surface area contributed by atoms with E-state index in [0.29, 0.717) is 38.5 Å². The number of hydrogen-bond acceptors (Lipinski definition) is 7. The Labute approximate surface area is 206 Å². The van der Waals surface area contributed by atoms with Gasteiger partial charge in [0.25, 0.3) is 0 Å². The maximum atomic E-state index is 17.0.